The Labute approximate surface area is 275 Å². The van der Waals surface area contributed by atoms with Crippen LogP contribution in [0.25, 0.3) is 31.9 Å². The highest BCUT2D eigenvalue weighted by atomic mass is 32.1. The van der Waals surface area contributed by atoms with Crippen LogP contribution in [0.5, 0.6) is 0 Å². The minimum atomic E-state index is 1.09. The first-order valence-electron chi connectivity index (χ1n) is 17.7. The largest absolute Gasteiger partial charge is 0.172 e. The fraction of sp³-hybridized carbons (Fsp3) is 0.632. The molecule has 0 saturated heterocycles. The van der Waals surface area contributed by atoms with E-state index in [2.05, 4.69) is 48.9 Å². The molecule has 4 rings (SSSR count). The Morgan fingerprint density at radius 2 is 0.791 bits per heavy atom. The summed E-state index contributed by atoms with van der Waals surface area (Å²) < 4.78 is 9.68. The van der Waals surface area contributed by atoms with Crippen LogP contribution in [0.1, 0.15) is 153 Å². The smallest absolute Gasteiger partial charge is 0.114 e. The van der Waals surface area contributed by atoms with Gasteiger partial charge in [-0.15, -0.1) is 22.7 Å². The Bertz CT molecular complexity index is 1190. The van der Waals surface area contributed by atoms with Crippen molar-refractivity contribution < 1.29 is 0 Å². The first kappa shape index (κ1) is 34.3. The van der Waals surface area contributed by atoms with E-state index in [0.29, 0.717) is 0 Å². The zero-order valence-electron chi connectivity index (χ0n) is 27.1. The zero-order valence-corrected chi connectivity index (χ0v) is 29.6. The minimum Gasteiger partial charge on any atom is -0.172 e. The number of hydrogen-bond donors (Lipinski definition) is 0. The lowest BCUT2D eigenvalue weighted by molar-refractivity contribution is 0.556. The van der Waals surface area contributed by atoms with Crippen molar-refractivity contribution in [1.29, 1.82) is 0 Å². The first-order valence-corrected chi connectivity index (χ1v) is 20.2. The summed E-state index contributed by atoms with van der Waals surface area (Å²) in [5.41, 5.74) is 7.71. The van der Waals surface area contributed by atoms with E-state index >= 15 is 0 Å². The number of fused-ring (bicyclic) bond motifs is 1. The fourth-order valence-corrected chi connectivity index (χ4v) is 8.91. The minimum absolute atomic E-state index is 1.09. The van der Waals surface area contributed by atoms with Gasteiger partial charge >= 0.3 is 0 Å². The third-order valence-corrected chi connectivity index (χ3v) is 11.5. The molecule has 0 N–H and O–H groups in total. The monoisotopic (exact) mass is 636 g/mol. The summed E-state index contributed by atoms with van der Waals surface area (Å²) in [6.45, 7) is 4.59. The lowest BCUT2D eigenvalue weighted by Gasteiger charge is -2.09. The van der Waals surface area contributed by atoms with Crippen molar-refractivity contribution in [3.05, 3.63) is 46.2 Å². The van der Waals surface area contributed by atoms with Gasteiger partial charge in [-0.3, -0.25) is 0 Å². The lowest BCUT2D eigenvalue weighted by atomic mass is 9.98. The molecule has 0 bridgehead atoms. The summed E-state index contributed by atoms with van der Waals surface area (Å²) in [6.07, 6.45) is 30.0. The van der Waals surface area contributed by atoms with Gasteiger partial charge < -0.3 is 0 Å². The third-order valence-electron chi connectivity index (χ3n) is 9.00. The lowest BCUT2D eigenvalue weighted by Crippen LogP contribution is -1.91. The van der Waals surface area contributed by atoms with Crippen LogP contribution in [0.3, 0.4) is 0 Å². The SMILES string of the molecule is CCCCCCCCCCCCc1ccsc1-c1ccc(-c2sccc2CCCCCCCCCCCC)c2nsnc12. The van der Waals surface area contributed by atoms with Gasteiger partial charge in [-0.2, -0.15) is 8.75 Å². The molecule has 43 heavy (non-hydrogen) atoms. The molecule has 236 valence electrons. The van der Waals surface area contributed by atoms with E-state index in [4.69, 9.17) is 8.75 Å². The van der Waals surface area contributed by atoms with Crippen LogP contribution >= 0.6 is 34.4 Å². The van der Waals surface area contributed by atoms with Crippen molar-refractivity contribution in [3.63, 3.8) is 0 Å². The van der Waals surface area contributed by atoms with Crippen molar-refractivity contribution in [2.75, 3.05) is 0 Å². The van der Waals surface area contributed by atoms with E-state index in [-0.39, 0.29) is 0 Å². The number of hydrogen-bond acceptors (Lipinski definition) is 5. The molecule has 3 aromatic heterocycles. The van der Waals surface area contributed by atoms with Crippen molar-refractivity contribution >= 4 is 45.4 Å². The molecule has 0 aliphatic rings. The zero-order chi connectivity index (χ0) is 30.0. The van der Waals surface area contributed by atoms with Crippen molar-refractivity contribution in [1.82, 2.24) is 8.75 Å². The molecular formula is C38H56N2S3. The second-order valence-electron chi connectivity index (χ2n) is 12.5. The van der Waals surface area contributed by atoms with Crippen molar-refractivity contribution in [2.45, 2.75) is 155 Å². The molecule has 0 radical (unpaired) electrons. The molecule has 0 saturated carbocycles. The molecule has 0 aliphatic carbocycles. The number of aromatic nitrogens is 2. The van der Waals surface area contributed by atoms with Crippen LogP contribution < -0.4 is 0 Å². The Balaban J connectivity index is 1.27. The summed E-state index contributed by atoms with van der Waals surface area (Å²) in [7, 11) is 0. The maximum Gasteiger partial charge on any atom is 0.114 e. The van der Waals surface area contributed by atoms with E-state index in [1.165, 1.54) is 185 Å². The van der Waals surface area contributed by atoms with E-state index < -0.39 is 0 Å². The van der Waals surface area contributed by atoms with Gasteiger partial charge in [0.25, 0.3) is 0 Å². The standard InChI is InChI=1S/C38H56N2S3/c1-3-5-7-9-11-13-15-17-19-21-23-31-27-29-41-37(31)33-25-26-34(36-35(33)39-43-40-36)38-32(28-30-42-38)24-22-20-18-16-14-12-10-8-6-4-2/h25-30H,3-24H2,1-2H3. The second-order valence-corrected chi connectivity index (χ2v) is 14.9. The second kappa shape index (κ2) is 20.5. The van der Waals surface area contributed by atoms with Crippen LogP contribution in [0.15, 0.2) is 35.0 Å². The van der Waals surface area contributed by atoms with Crippen LogP contribution in [-0.4, -0.2) is 8.75 Å². The Kier molecular flexibility index (Phi) is 16.3. The number of nitrogens with zero attached hydrogens (tertiary/aromatic N) is 2. The molecule has 2 nitrogen and oxygen atoms in total. The predicted octanol–water partition coefficient (Wildman–Crippen LogP) is 14.1. The molecule has 1 aromatic carbocycles. The van der Waals surface area contributed by atoms with Gasteiger partial charge in [-0.1, -0.05) is 142 Å². The highest BCUT2D eigenvalue weighted by Gasteiger charge is 2.18. The maximum absolute atomic E-state index is 4.84. The predicted molar refractivity (Wildman–Crippen MR) is 195 cm³/mol. The number of benzene rings is 1. The normalized spacial score (nSPS) is 11.7. The summed E-state index contributed by atoms with van der Waals surface area (Å²) in [6, 6.07) is 9.35. The highest BCUT2D eigenvalue weighted by Crippen LogP contribution is 2.41. The number of thiophene rings is 2. The van der Waals surface area contributed by atoms with Gasteiger partial charge in [0.15, 0.2) is 0 Å². The fourth-order valence-electron chi connectivity index (χ4n) is 6.38. The molecule has 0 spiro atoms. The summed E-state index contributed by atoms with van der Waals surface area (Å²) in [5.74, 6) is 0. The van der Waals surface area contributed by atoms with Crippen LogP contribution in [0.4, 0.5) is 0 Å². The number of rotatable bonds is 24. The summed E-state index contributed by atoms with van der Waals surface area (Å²) in [5, 5.41) is 4.54. The number of aryl methyl sites for hydroxylation is 2. The molecule has 0 unspecified atom stereocenters. The highest BCUT2D eigenvalue weighted by molar-refractivity contribution is 7.14. The van der Waals surface area contributed by atoms with Crippen molar-refractivity contribution in [3.8, 4) is 20.9 Å². The van der Waals surface area contributed by atoms with Gasteiger partial charge in [0, 0.05) is 20.9 Å². The van der Waals surface area contributed by atoms with E-state index in [0.717, 1.165) is 11.0 Å². The van der Waals surface area contributed by atoms with E-state index in [9.17, 15) is 0 Å². The van der Waals surface area contributed by atoms with Crippen LogP contribution in [0.2, 0.25) is 0 Å². The quantitative estimate of drug-likeness (QED) is 0.0715. The topological polar surface area (TPSA) is 25.8 Å². The van der Waals surface area contributed by atoms with Gasteiger partial charge in [0.2, 0.25) is 0 Å². The summed E-state index contributed by atoms with van der Waals surface area (Å²) in [4.78, 5) is 2.80. The Hall–Kier alpha value is -1.56. The number of unbranched alkanes of at least 4 members (excludes halogenated alkanes) is 18. The van der Waals surface area contributed by atoms with Crippen LogP contribution in [0, 0.1) is 0 Å². The third kappa shape index (κ3) is 11.1. The molecule has 0 aliphatic heterocycles. The average Bonchev–Trinajstić information content (AvgIpc) is 3.80. The van der Waals surface area contributed by atoms with Gasteiger partial charge in [0.1, 0.15) is 11.0 Å². The van der Waals surface area contributed by atoms with Crippen LogP contribution in [-0.2, 0) is 12.8 Å². The Morgan fingerprint density at radius 1 is 0.442 bits per heavy atom. The van der Waals surface area contributed by atoms with E-state index in [1.54, 1.807) is 0 Å². The molecule has 0 amide bonds. The maximum atomic E-state index is 4.84. The summed E-state index contributed by atoms with van der Waals surface area (Å²) >= 11 is 5.11. The van der Waals surface area contributed by atoms with Gasteiger partial charge in [0.05, 0.1) is 11.7 Å². The van der Waals surface area contributed by atoms with E-state index in [1.807, 2.05) is 22.7 Å². The Morgan fingerprint density at radius 3 is 1.16 bits per heavy atom. The molecule has 5 heteroatoms. The van der Waals surface area contributed by atoms with Gasteiger partial charge in [-0.05, 0) is 59.7 Å². The van der Waals surface area contributed by atoms with Gasteiger partial charge in [-0.25, -0.2) is 0 Å². The molecule has 4 aromatic rings. The first-order chi connectivity index (χ1) is 21.3. The molecule has 0 atom stereocenters. The molecule has 0 fully saturated rings. The molecular weight excluding hydrogens is 581 g/mol. The van der Waals surface area contributed by atoms with Crippen molar-refractivity contribution in [2.24, 2.45) is 0 Å². The molecule has 3 heterocycles. The average molecular weight is 637 g/mol.